The summed E-state index contributed by atoms with van der Waals surface area (Å²) >= 11 is 0. The molecule has 0 spiro atoms. The van der Waals surface area contributed by atoms with Crippen molar-refractivity contribution in [3.63, 3.8) is 0 Å². The Labute approximate surface area is 88.6 Å². The molecule has 4 nitrogen and oxygen atoms in total. The van der Waals surface area contributed by atoms with Crippen molar-refractivity contribution in [2.75, 3.05) is 6.54 Å². The van der Waals surface area contributed by atoms with Gasteiger partial charge in [0.05, 0.1) is 12.5 Å². The highest BCUT2D eigenvalue weighted by molar-refractivity contribution is 5.79. The number of aliphatic hydroxyl groups is 1. The third-order valence-electron chi connectivity index (χ3n) is 1.94. The normalized spacial score (nSPS) is 12.1. The molecule has 0 bridgehead atoms. The molecule has 0 fully saturated rings. The molecule has 0 saturated carbocycles. The summed E-state index contributed by atoms with van der Waals surface area (Å²) in [6, 6.07) is 6.69. The molecule has 0 saturated heterocycles. The van der Waals surface area contributed by atoms with Crippen LogP contribution in [-0.4, -0.2) is 28.8 Å². The van der Waals surface area contributed by atoms with Gasteiger partial charge in [-0.25, -0.2) is 0 Å². The number of hydrogen-bond acceptors (Lipinski definition) is 3. The molecular formula is C11H15NO3. The second kappa shape index (κ2) is 5.36. The maximum absolute atomic E-state index is 11.3. The van der Waals surface area contributed by atoms with Gasteiger partial charge in [-0.05, 0) is 13.0 Å². The number of para-hydroxylation sites is 1. The molecule has 0 aliphatic rings. The molecular weight excluding hydrogens is 194 g/mol. The lowest BCUT2D eigenvalue weighted by molar-refractivity contribution is -0.120. The van der Waals surface area contributed by atoms with Gasteiger partial charge in [-0.3, -0.25) is 4.79 Å². The minimum atomic E-state index is -0.557. The lowest BCUT2D eigenvalue weighted by Crippen LogP contribution is -2.31. The summed E-state index contributed by atoms with van der Waals surface area (Å²) in [5.41, 5.74) is 0.584. The van der Waals surface area contributed by atoms with Crippen LogP contribution >= 0.6 is 0 Å². The van der Waals surface area contributed by atoms with Crippen molar-refractivity contribution < 1.29 is 15.0 Å². The summed E-state index contributed by atoms with van der Waals surface area (Å²) < 4.78 is 0. The van der Waals surface area contributed by atoms with E-state index in [4.69, 9.17) is 5.11 Å². The van der Waals surface area contributed by atoms with E-state index in [9.17, 15) is 9.90 Å². The average molecular weight is 209 g/mol. The molecule has 3 N–H and O–H groups in total. The Kier molecular flexibility index (Phi) is 4.12. The Morgan fingerprint density at radius 1 is 1.47 bits per heavy atom. The topological polar surface area (TPSA) is 69.6 Å². The van der Waals surface area contributed by atoms with E-state index in [0.717, 1.165) is 0 Å². The number of hydrogen-bond donors (Lipinski definition) is 3. The van der Waals surface area contributed by atoms with Gasteiger partial charge in [-0.15, -0.1) is 0 Å². The zero-order valence-electron chi connectivity index (χ0n) is 8.60. The van der Waals surface area contributed by atoms with Gasteiger partial charge in [0, 0.05) is 12.1 Å². The van der Waals surface area contributed by atoms with Gasteiger partial charge in [0.1, 0.15) is 5.75 Å². The molecule has 0 radical (unpaired) electrons. The van der Waals surface area contributed by atoms with Crippen LogP contribution in [-0.2, 0) is 11.2 Å². The number of carbonyl (C=O) groups excluding carboxylic acids is 1. The summed E-state index contributed by atoms with van der Waals surface area (Å²) in [5.74, 6) is -0.0953. The highest BCUT2D eigenvalue weighted by atomic mass is 16.3. The zero-order chi connectivity index (χ0) is 11.3. The second-order valence-corrected chi connectivity index (χ2v) is 3.46. The van der Waals surface area contributed by atoms with Gasteiger partial charge >= 0.3 is 0 Å². The van der Waals surface area contributed by atoms with E-state index >= 15 is 0 Å². The Hall–Kier alpha value is -1.55. The number of aromatic hydroxyl groups is 1. The number of phenolic OH excluding ortho intramolecular Hbond substituents is 1. The average Bonchev–Trinajstić information content (AvgIpc) is 2.18. The second-order valence-electron chi connectivity index (χ2n) is 3.46. The molecule has 0 aliphatic carbocycles. The number of nitrogens with one attached hydrogen (secondary N) is 1. The zero-order valence-corrected chi connectivity index (χ0v) is 8.60. The molecule has 1 amide bonds. The van der Waals surface area contributed by atoms with Crippen LogP contribution in [0.15, 0.2) is 24.3 Å². The first kappa shape index (κ1) is 11.5. The standard InChI is InChI=1S/C11H15NO3/c1-8(13)7-12-11(15)6-9-4-2-3-5-10(9)14/h2-5,8,13-14H,6-7H2,1H3,(H,12,15)/t8-/m1/s1. The Morgan fingerprint density at radius 2 is 2.13 bits per heavy atom. The molecule has 0 aliphatic heterocycles. The van der Waals surface area contributed by atoms with Gasteiger partial charge in [0.2, 0.25) is 5.91 Å². The Bertz CT molecular complexity index is 336. The van der Waals surface area contributed by atoms with Crippen molar-refractivity contribution in [1.82, 2.24) is 5.32 Å². The minimum absolute atomic E-state index is 0.115. The van der Waals surface area contributed by atoms with Crippen molar-refractivity contribution in [2.24, 2.45) is 0 Å². The van der Waals surface area contributed by atoms with E-state index in [2.05, 4.69) is 5.32 Å². The molecule has 0 unspecified atom stereocenters. The first-order valence-corrected chi connectivity index (χ1v) is 4.81. The Morgan fingerprint density at radius 3 is 2.73 bits per heavy atom. The fraction of sp³-hybridized carbons (Fsp3) is 0.364. The first-order valence-electron chi connectivity index (χ1n) is 4.81. The maximum atomic E-state index is 11.3. The SMILES string of the molecule is C[C@@H](O)CNC(=O)Cc1ccccc1O. The molecule has 15 heavy (non-hydrogen) atoms. The summed E-state index contributed by atoms with van der Waals surface area (Å²) in [4.78, 5) is 11.3. The molecule has 0 aromatic heterocycles. The monoisotopic (exact) mass is 209 g/mol. The van der Waals surface area contributed by atoms with E-state index in [0.29, 0.717) is 5.56 Å². The molecule has 1 atom stereocenters. The predicted molar refractivity (Wildman–Crippen MR) is 56.5 cm³/mol. The van der Waals surface area contributed by atoms with Gasteiger partial charge < -0.3 is 15.5 Å². The van der Waals surface area contributed by atoms with Crippen molar-refractivity contribution >= 4 is 5.91 Å². The van der Waals surface area contributed by atoms with E-state index < -0.39 is 6.10 Å². The van der Waals surface area contributed by atoms with E-state index in [-0.39, 0.29) is 24.6 Å². The predicted octanol–water partition coefficient (Wildman–Crippen LogP) is 0.432. The van der Waals surface area contributed by atoms with Crippen LogP contribution in [0.25, 0.3) is 0 Å². The summed E-state index contributed by atoms with van der Waals surface area (Å²) in [6.07, 6.45) is -0.433. The van der Waals surface area contributed by atoms with Crippen LogP contribution < -0.4 is 5.32 Å². The minimum Gasteiger partial charge on any atom is -0.508 e. The van der Waals surface area contributed by atoms with Crippen LogP contribution in [0.5, 0.6) is 5.75 Å². The molecule has 1 aromatic carbocycles. The lowest BCUT2D eigenvalue weighted by Gasteiger charge is -2.07. The summed E-state index contributed by atoms with van der Waals surface area (Å²) in [7, 11) is 0. The fourth-order valence-electron chi connectivity index (χ4n) is 1.16. The molecule has 82 valence electrons. The molecule has 4 heteroatoms. The molecule has 0 heterocycles. The number of carbonyl (C=O) groups is 1. The number of phenols is 1. The van der Waals surface area contributed by atoms with Crippen molar-refractivity contribution in [1.29, 1.82) is 0 Å². The van der Waals surface area contributed by atoms with Gasteiger partial charge in [-0.1, -0.05) is 18.2 Å². The number of rotatable bonds is 4. The van der Waals surface area contributed by atoms with E-state index in [1.165, 1.54) is 6.07 Å². The van der Waals surface area contributed by atoms with E-state index in [1.54, 1.807) is 25.1 Å². The lowest BCUT2D eigenvalue weighted by atomic mass is 10.1. The van der Waals surface area contributed by atoms with Crippen LogP contribution in [0.2, 0.25) is 0 Å². The van der Waals surface area contributed by atoms with Crippen LogP contribution in [0.1, 0.15) is 12.5 Å². The largest absolute Gasteiger partial charge is 0.508 e. The number of benzene rings is 1. The van der Waals surface area contributed by atoms with Crippen LogP contribution in [0, 0.1) is 0 Å². The van der Waals surface area contributed by atoms with Crippen LogP contribution in [0.4, 0.5) is 0 Å². The number of amides is 1. The summed E-state index contributed by atoms with van der Waals surface area (Å²) in [6.45, 7) is 1.83. The molecule has 1 rings (SSSR count). The third-order valence-corrected chi connectivity index (χ3v) is 1.94. The highest BCUT2D eigenvalue weighted by Gasteiger charge is 2.07. The highest BCUT2D eigenvalue weighted by Crippen LogP contribution is 2.15. The fourth-order valence-corrected chi connectivity index (χ4v) is 1.16. The summed E-state index contributed by atoms with van der Waals surface area (Å²) in [5, 5.41) is 20.9. The Balaban J connectivity index is 2.48. The molecule has 1 aromatic rings. The van der Waals surface area contributed by atoms with Crippen molar-refractivity contribution in [2.45, 2.75) is 19.4 Å². The third kappa shape index (κ3) is 3.99. The first-order chi connectivity index (χ1) is 7.09. The van der Waals surface area contributed by atoms with Crippen molar-refractivity contribution in [3.05, 3.63) is 29.8 Å². The maximum Gasteiger partial charge on any atom is 0.224 e. The van der Waals surface area contributed by atoms with Gasteiger partial charge in [0.25, 0.3) is 0 Å². The van der Waals surface area contributed by atoms with Crippen molar-refractivity contribution in [3.8, 4) is 5.75 Å². The van der Waals surface area contributed by atoms with Gasteiger partial charge in [0.15, 0.2) is 0 Å². The van der Waals surface area contributed by atoms with Gasteiger partial charge in [-0.2, -0.15) is 0 Å². The van der Waals surface area contributed by atoms with Crippen LogP contribution in [0.3, 0.4) is 0 Å². The quantitative estimate of drug-likeness (QED) is 0.673. The smallest absolute Gasteiger partial charge is 0.224 e. The van der Waals surface area contributed by atoms with E-state index in [1.807, 2.05) is 0 Å². The number of aliphatic hydroxyl groups excluding tert-OH is 1.